The highest BCUT2D eigenvalue weighted by molar-refractivity contribution is 5.97. The molecule has 0 amide bonds. The highest BCUT2D eigenvalue weighted by atomic mass is 15.4. The molecule has 1 atom stereocenters. The summed E-state index contributed by atoms with van der Waals surface area (Å²) in [5.41, 5.74) is 11.8. The fourth-order valence-electron chi connectivity index (χ4n) is 3.36. The highest BCUT2D eigenvalue weighted by Crippen LogP contribution is 2.24. The summed E-state index contributed by atoms with van der Waals surface area (Å²) in [7, 11) is 7.07. The van der Waals surface area contributed by atoms with E-state index in [1.165, 1.54) is 38.6 Å². The molecule has 0 radical (unpaired) electrons. The second-order valence-corrected chi connectivity index (χ2v) is 9.71. The lowest BCUT2D eigenvalue weighted by molar-refractivity contribution is -1.01. The van der Waals surface area contributed by atoms with E-state index in [0.717, 1.165) is 15.4 Å². The van der Waals surface area contributed by atoms with Gasteiger partial charge in [0.25, 0.3) is 0 Å². The van der Waals surface area contributed by atoms with Crippen molar-refractivity contribution in [1.82, 2.24) is 5.32 Å². The number of nitrogens with two attached hydrogens (primary N) is 2. The van der Waals surface area contributed by atoms with Gasteiger partial charge in [-0.2, -0.15) is 13.8 Å². The van der Waals surface area contributed by atoms with Crippen LogP contribution in [0.1, 0.15) is 34.1 Å². The molecule has 0 saturated carbocycles. The molecule has 0 aromatic rings. The van der Waals surface area contributed by atoms with Crippen LogP contribution in [0.5, 0.6) is 0 Å². The number of likely N-dealkylation sites (N-methyl/N-ethyl adjacent to an activating group) is 2. The first-order chi connectivity index (χ1) is 12.4. The second kappa shape index (κ2) is 10.3. The van der Waals surface area contributed by atoms with Crippen molar-refractivity contribution in [2.75, 3.05) is 67.0 Å². The Labute approximate surface area is 167 Å². The number of hydrogen-bond acceptors (Lipinski definition) is 2. The van der Waals surface area contributed by atoms with Crippen molar-refractivity contribution < 1.29 is 8.97 Å². The standard InChI is InChI=1S/C20H44N7/c1-16(2)14-24-20(22)25-19(21)23-9-8-18(17(3)4)15-27(7)12-10-26(5,6)11-13-27/h16,18H,8-15H2,1-7H3,(H5,21,22,23,24,25)/q+1. The molecule has 1 saturated heterocycles. The minimum Gasteiger partial charge on any atom is -0.370 e. The van der Waals surface area contributed by atoms with Crippen molar-refractivity contribution in [1.29, 1.82) is 0 Å². The molecule has 5 N–H and O–H groups in total. The minimum atomic E-state index is 0.340. The molecule has 1 heterocycles. The molecular formula is C20H44N7+. The predicted molar refractivity (Wildman–Crippen MR) is 116 cm³/mol. The van der Waals surface area contributed by atoms with Crippen molar-refractivity contribution in [3.63, 3.8) is 0 Å². The summed E-state index contributed by atoms with van der Waals surface area (Å²) in [6.45, 7) is 16.2. The van der Waals surface area contributed by atoms with Crippen molar-refractivity contribution in [3.8, 4) is 0 Å². The van der Waals surface area contributed by atoms with E-state index in [0.29, 0.717) is 36.8 Å². The summed E-state index contributed by atoms with van der Waals surface area (Å²) in [4.78, 5) is 8.70. The van der Waals surface area contributed by atoms with Crippen LogP contribution in [0.2, 0.25) is 0 Å². The van der Waals surface area contributed by atoms with Crippen LogP contribution in [0.15, 0.2) is 9.98 Å². The molecule has 0 aromatic heterocycles. The van der Waals surface area contributed by atoms with Crippen LogP contribution in [0.25, 0.3) is 0 Å². The maximum Gasteiger partial charge on any atom is 0.195 e. The maximum atomic E-state index is 5.95. The smallest absolute Gasteiger partial charge is 0.195 e. The number of quaternary nitrogens is 2. The van der Waals surface area contributed by atoms with E-state index in [-0.39, 0.29) is 0 Å². The molecule has 1 aliphatic rings. The summed E-state index contributed by atoms with van der Waals surface area (Å²) < 4.78 is 2.30. The Morgan fingerprint density at radius 3 is 2.07 bits per heavy atom. The molecule has 0 bridgehead atoms. The molecule has 1 unspecified atom stereocenters. The fourth-order valence-corrected chi connectivity index (χ4v) is 3.36. The first-order valence-corrected chi connectivity index (χ1v) is 10.2. The van der Waals surface area contributed by atoms with Gasteiger partial charge in [0.1, 0.15) is 26.2 Å². The summed E-state index contributed by atoms with van der Waals surface area (Å²) in [5, 5.41) is 2.88. The first-order valence-electron chi connectivity index (χ1n) is 10.2. The van der Waals surface area contributed by atoms with Crippen molar-refractivity contribution >= 4 is 11.9 Å². The normalized spacial score (nSPS) is 21.5. The maximum absolute atomic E-state index is 5.95. The highest BCUT2D eigenvalue weighted by Gasteiger charge is 2.34. The van der Waals surface area contributed by atoms with Gasteiger partial charge in [-0.3, -0.25) is 15.3 Å². The molecule has 0 aliphatic carbocycles. The average molecular weight is 383 g/mol. The van der Waals surface area contributed by atoms with Crippen LogP contribution in [-0.4, -0.2) is 87.8 Å². The topological polar surface area (TPSA) is 88.8 Å². The van der Waals surface area contributed by atoms with E-state index in [2.05, 4.69) is 64.1 Å². The zero-order chi connectivity index (χ0) is 20.7. The third-order valence-electron chi connectivity index (χ3n) is 5.61. The van der Waals surface area contributed by atoms with Crippen LogP contribution in [-0.2, 0) is 0 Å². The molecule has 0 spiro atoms. The van der Waals surface area contributed by atoms with E-state index in [1.54, 1.807) is 0 Å². The second-order valence-electron chi connectivity index (χ2n) is 9.71. The van der Waals surface area contributed by atoms with Gasteiger partial charge in [-0.15, -0.1) is 5.92 Å². The molecule has 1 rings (SSSR count). The third kappa shape index (κ3) is 9.42. The molecular weight excluding hydrogens is 338 g/mol. The van der Waals surface area contributed by atoms with E-state index < -0.39 is 0 Å². The lowest BCUT2D eigenvalue weighted by Crippen LogP contribution is -2.63. The molecule has 1 fully saturated rings. The molecule has 0 aromatic carbocycles. The van der Waals surface area contributed by atoms with Gasteiger partial charge in [-0.1, -0.05) is 20.3 Å². The van der Waals surface area contributed by atoms with E-state index in [9.17, 15) is 0 Å². The first kappa shape index (κ1) is 23.7. The van der Waals surface area contributed by atoms with E-state index in [4.69, 9.17) is 11.5 Å². The van der Waals surface area contributed by atoms with Crippen molar-refractivity contribution in [2.24, 2.45) is 33.3 Å². The summed E-state index contributed by atoms with van der Waals surface area (Å²) in [6.07, 6.45) is 1.01. The van der Waals surface area contributed by atoms with E-state index >= 15 is 0 Å². The number of hydrogen-bond donors (Lipinski definition) is 3. The molecule has 7 nitrogen and oxygen atoms in total. The van der Waals surface area contributed by atoms with Gasteiger partial charge < -0.3 is 26.4 Å². The Kier molecular flexibility index (Phi) is 9.02. The van der Waals surface area contributed by atoms with Crippen LogP contribution in [0, 0.1) is 17.8 Å². The quantitative estimate of drug-likeness (QED) is 0.253. The van der Waals surface area contributed by atoms with Crippen LogP contribution >= 0.6 is 0 Å². The minimum absolute atomic E-state index is 0.340. The Hall–Kier alpha value is -1.34. The van der Waals surface area contributed by atoms with Gasteiger partial charge >= 0.3 is 0 Å². The fraction of sp³-hybridized carbons (Fsp3) is 0.850. The Bertz CT molecular complexity index is 498. The summed E-state index contributed by atoms with van der Waals surface area (Å²) in [5.74, 6) is 3.20. The summed E-state index contributed by atoms with van der Waals surface area (Å²) >= 11 is 0. The Morgan fingerprint density at radius 2 is 1.56 bits per heavy atom. The number of piperazine rings is 1. The third-order valence-corrected chi connectivity index (χ3v) is 5.61. The van der Waals surface area contributed by atoms with Gasteiger partial charge in [-0.05, 0) is 5.92 Å². The SMILES string of the molecule is C[C-](C)C(CCN=C(N)NC(N)=NCC(C)C)C[N+]1(C)CC[N+](C)(C)CC1. The average Bonchev–Trinajstić information content (AvgIpc) is 2.55. The largest absolute Gasteiger partial charge is 0.370 e. The molecule has 1 aliphatic heterocycles. The van der Waals surface area contributed by atoms with Crippen molar-refractivity contribution in [2.45, 2.75) is 34.1 Å². The predicted octanol–water partition coefficient (Wildman–Crippen LogP) is 1.02. The number of guanidine groups is 2. The Balaban J connectivity index is 2.52. The van der Waals surface area contributed by atoms with Gasteiger partial charge in [0.15, 0.2) is 11.9 Å². The Morgan fingerprint density at radius 1 is 1.00 bits per heavy atom. The number of aliphatic imine (C=N–C) groups is 2. The van der Waals surface area contributed by atoms with Gasteiger partial charge in [0, 0.05) is 13.1 Å². The van der Waals surface area contributed by atoms with Crippen LogP contribution in [0.4, 0.5) is 0 Å². The van der Waals surface area contributed by atoms with Crippen molar-refractivity contribution in [3.05, 3.63) is 5.92 Å². The van der Waals surface area contributed by atoms with Crippen LogP contribution in [0.3, 0.4) is 0 Å². The number of nitrogens with one attached hydrogen (secondary N) is 1. The molecule has 27 heavy (non-hydrogen) atoms. The molecule has 7 heteroatoms. The lowest BCUT2D eigenvalue weighted by atomic mass is 9.91. The van der Waals surface area contributed by atoms with E-state index in [1.807, 2.05) is 0 Å². The van der Waals surface area contributed by atoms with Gasteiger partial charge in [0.05, 0.1) is 27.7 Å². The zero-order valence-electron chi connectivity index (χ0n) is 18.8. The van der Waals surface area contributed by atoms with Gasteiger partial charge in [0.2, 0.25) is 0 Å². The van der Waals surface area contributed by atoms with Gasteiger partial charge in [-0.25, -0.2) is 0 Å². The molecule has 158 valence electrons. The summed E-state index contributed by atoms with van der Waals surface area (Å²) in [6, 6.07) is 0. The van der Waals surface area contributed by atoms with Crippen LogP contribution < -0.4 is 16.8 Å². The zero-order valence-corrected chi connectivity index (χ0v) is 18.8. The number of nitrogens with zero attached hydrogens (tertiary/aromatic N) is 4. The number of rotatable bonds is 8. The lowest BCUT2D eigenvalue weighted by Gasteiger charge is -2.48. The monoisotopic (exact) mass is 382 g/mol.